The highest BCUT2D eigenvalue weighted by atomic mass is 32.1. The Kier molecular flexibility index (Phi) is 10.5. The SMILES string of the molecule is COc1ccc2c(OC3CC4C(=O)NC5(C(=O)O)CC5/C=C/CCCCCC(OC5CCCC5)C(=O)N4C3)cc(-c3csc(NC(C)=O)n3)nc2c1. The zero-order valence-electron chi connectivity index (χ0n) is 29.5. The average molecular weight is 732 g/mol. The summed E-state index contributed by atoms with van der Waals surface area (Å²) in [7, 11) is 1.57. The van der Waals surface area contributed by atoms with Gasteiger partial charge in [-0.15, -0.1) is 11.3 Å². The molecule has 3 amide bonds. The molecule has 3 aromatic rings. The lowest BCUT2D eigenvalue weighted by atomic mass is 10.1. The van der Waals surface area contributed by atoms with E-state index in [0.717, 1.165) is 51.4 Å². The molecule has 13 nitrogen and oxygen atoms in total. The molecule has 0 radical (unpaired) electrons. The Labute approximate surface area is 306 Å². The number of anilines is 1. The molecule has 2 aliphatic heterocycles. The van der Waals surface area contributed by atoms with Gasteiger partial charge >= 0.3 is 5.97 Å². The number of thiazole rings is 1. The number of rotatable bonds is 8. The van der Waals surface area contributed by atoms with Gasteiger partial charge in [-0.2, -0.15) is 0 Å². The van der Waals surface area contributed by atoms with E-state index in [1.165, 1.54) is 18.3 Å². The first kappa shape index (κ1) is 35.8. The maximum atomic E-state index is 14.5. The van der Waals surface area contributed by atoms with E-state index in [1.807, 2.05) is 18.2 Å². The van der Waals surface area contributed by atoms with E-state index in [9.17, 15) is 24.3 Å². The van der Waals surface area contributed by atoms with Crippen molar-refractivity contribution in [3.05, 3.63) is 41.8 Å². The predicted molar refractivity (Wildman–Crippen MR) is 194 cm³/mol. The number of carboxylic acids is 1. The highest BCUT2D eigenvalue weighted by Crippen LogP contribution is 2.45. The normalized spacial score (nSPS) is 27.5. The fourth-order valence-electron chi connectivity index (χ4n) is 7.67. The molecule has 0 spiro atoms. The first-order chi connectivity index (χ1) is 25.1. The van der Waals surface area contributed by atoms with Crippen molar-refractivity contribution in [2.24, 2.45) is 5.92 Å². The summed E-state index contributed by atoms with van der Waals surface area (Å²) in [6.07, 6.45) is 11.0. The van der Waals surface area contributed by atoms with Crippen LogP contribution in [0.5, 0.6) is 11.5 Å². The lowest BCUT2D eigenvalue weighted by Crippen LogP contribution is -2.54. The molecule has 5 atom stereocenters. The number of carboxylic acid groups (broad SMARTS) is 1. The van der Waals surface area contributed by atoms with Crippen molar-refractivity contribution in [2.45, 2.75) is 107 Å². The van der Waals surface area contributed by atoms with Crippen molar-refractivity contribution in [3.63, 3.8) is 0 Å². The summed E-state index contributed by atoms with van der Waals surface area (Å²) in [6, 6.07) is 6.26. The molecule has 14 heteroatoms. The zero-order valence-corrected chi connectivity index (χ0v) is 30.3. The van der Waals surface area contributed by atoms with Crippen LogP contribution in [0, 0.1) is 5.92 Å². The molecule has 52 heavy (non-hydrogen) atoms. The number of aromatic nitrogens is 2. The summed E-state index contributed by atoms with van der Waals surface area (Å²) in [5, 5.41) is 18.7. The number of aliphatic carboxylic acids is 1. The highest BCUT2D eigenvalue weighted by Gasteiger charge is 2.61. The minimum absolute atomic E-state index is 0.00105. The largest absolute Gasteiger partial charge is 0.497 e. The molecule has 4 aliphatic rings. The first-order valence-electron chi connectivity index (χ1n) is 18.2. The lowest BCUT2D eigenvalue weighted by molar-refractivity contribution is -0.153. The number of hydrogen-bond acceptors (Lipinski definition) is 10. The van der Waals surface area contributed by atoms with E-state index in [1.54, 1.807) is 35.6 Å². The van der Waals surface area contributed by atoms with Gasteiger partial charge in [0.25, 0.3) is 5.91 Å². The van der Waals surface area contributed by atoms with E-state index < -0.39 is 35.7 Å². The molecule has 0 bridgehead atoms. The molecule has 2 saturated carbocycles. The number of allylic oxidation sites excluding steroid dienone is 1. The van der Waals surface area contributed by atoms with Crippen molar-refractivity contribution in [3.8, 4) is 22.9 Å². The van der Waals surface area contributed by atoms with Crippen LogP contribution in [0.4, 0.5) is 5.13 Å². The van der Waals surface area contributed by atoms with Crippen LogP contribution in [0.25, 0.3) is 22.3 Å². The molecule has 1 saturated heterocycles. The van der Waals surface area contributed by atoms with E-state index in [4.69, 9.17) is 19.2 Å². The van der Waals surface area contributed by atoms with E-state index >= 15 is 0 Å². The number of ether oxygens (including phenoxy) is 3. The van der Waals surface area contributed by atoms with Gasteiger partial charge in [0.15, 0.2) is 5.13 Å². The van der Waals surface area contributed by atoms with Crippen LogP contribution in [0.2, 0.25) is 0 Å². The van der Waals surface area contributed by atoms with Gasteiger partial charge < -0.3 is 34.9 Å². The monoisotopic (exact) mass is 731 g/mol. The maximum Gasteiger partial charge on any atom is 0.330 e. The van der Waals surface area contributed by atoms with Crippen molar-refractivity contribution in [2.75, 3.05) is 19.0 Å². The summed E-state index contributed by atoms with van der Waals surface area (Å²) >= 11 is 1.27. The number of amides is 3. The average Bonchev–Trinajstić information content (AvgIpc) is 3.56. The van der Waals surface area contributed by atoms with E-state index in [-0.39, 0.29) is 36.8 Å². The molecule has 2 aromatic heterocycles. The van der Waals surface area contributed by atoms with E-state index in [2.05, 4.69) is 15.6 Å². The second kappa shape index (κ2) is 15.2. The standard InChI is InChI=1S/C38H45N5O8S/c1-22(44)39-37-41-30(21-52-37)29-18-33(27-15-14-25(49-2)16-28(27)40-29)51-26-17-31-34(45)42-38(36(47)48)19-23(38)10-6-4-3-5-7-13-32(35(46)43(31)20-26)50-24-11-8-9-12-24/h6,10,14-16,18,21,23-24,26,31-32H,3-5,7-9,11-13,17,19-20H2,1-2H3,(H,42,45)(H,47,48)(H,39,41,44)/b10-6+. The molecular weight excluding hydrogens is 687 g/mol. The summed E-state index contributed by atoms with van der Waals surface area (Å²) in [4.78, 5) is 63.7. The van der Waals surface area contributed by atoms with Crippen LogP contribution >= 0.6 is 11.3 Å². The van der Waals surface area contributed by atoms with Gasteiger partial charge in [0.05, 0.1) is 31.0 Å². The molecule has 3 N–H and O–H groups in total. The van der Waals surface area contributed by atoms with Crippen LogP contribution in [-0.4, -0.2) is 87.2 Å². The minimum Gasteiger partial charge on any atom is -0.497 e. The number of pyridine rings is 1. The van der Waals surface area contributed by atoms with Crippen molar-refractivity contribution < 1.29 is 38.5 Å². The predicted octanol–water partition coefficient (Wildman–Crippen LogP) is 5.48. The second-order valence-corrected chi connectivity index (χ2v) is 15.1. The third kappa shape index (κ3) is 7.63. The number of methoxy groups -OCH3 is 1. The quantitative estimate of drug-likeness (QED) is 0.252. The topological polar surface area (TPSA) is 169 Å². The van der Waals surface area contributed by atoms with Gasteiger partial charge in [-0.1, -0.05) is 37.8 Å². The number of carbonyl (C=O) groups excluding carboxylic acids is 3. The molecule has 3 fully saturated rings. The van der Waals surface area contributed by atoms with Gasteiger partial charge in [0.2, 0.25) is 11.8 Å². The second-order valence-electron chi connectivity index (χ2n) is 14.3. The van der Waals surface area contributed by atoms with Crippen LogP contribution < -0.4 is 20.1 Å². The van der Waals surface area contributed by atoms with Gasteiger partial charge in [0.1, 0.15) is 41.0 Å². The summed E-state index contributed by atoms with van der Waals surface area (Å²) in [5.74, 6) is -1.33. The third-order valence-electron chi connectivity index (χ3n) is 10.6. The van der Waals surface area contributed by atoms with Crippen molar-refractivity contribution >= 4 is 51.1 Å². The maximum absolute atomic E-state index is 14.5. The van der Waals surface area contributed by atoms with Gasteiger partial charge in [-0.25, -0.2) is 14.8 Å². The van der Waals surface area contributed by atoms with Gasteiger partial charge in [0, 0.05) is 42.2 Å². The molecule has 4 heterocycles. The molecule has 1 aromatic carbocycles. The Hall–Kier alpha value is -4.56. The number of carbonyl (C=O) groups is 4. The Morgan fingerprint density at radius 1 is 1.04 bits per heavy atom. The Morgan fingerprint density at radius 2 is 1.85 bits per heavy atom. The van der Waals surface area contributed by atoms with Crippen LogP contribution in [0.1, 0.15) is 77.6 Å². The smallest absolute Gasteiger partial charge is 0.330 e. The fourth-order valence-corrected chi connectivity index (χ4v) is 8.42. The van der Waals surface area contributed by atoms with E-state index in [0.29, 0.717) is 51.8 Å². The molecule has 5 unspecified atom stereocenters. The van der Waals surface area contributed by atoms with Crippen LogP contribution in [0.3, 0.4) is 0 Å². The highest BCUT2D eigenvalue weighted by molar-refractivity contribution is 7.14. The van der Waals surface area contributed by atoms with Crippen LogP contribution in [0.15, 0.2) is 41.8 Å². The molecular formula is C38H45N5O8S. The summed E-state index contributed by atoms with van der Waals surface area (Å²) in [6.45, 7) is 1.53. The summed E-state index contributed by atoms with van der Waals surface area (Å²) in [5.41, 5.74) is 0.228. The Morgan fingerprint density at radius 3 is 2.62 bits per heavy atom. The number of benzene rings is 1. The number of nitrogens with zero attached hydrogens (tertiary/aromatic N) is 3. The van der Waals surface area contributed by atoms with Gasteiger partial charge in [-0.05, 0) is 50.7 Å². The summed E-state index contributed by atoms with van der Waals surface area (Å²) < 4.78 is 18.6. The number of nitrogens with one attached hydrogen (secondary N) is 2. The van der Waals surface area contributed by atoms with Gasteiger partial charge in [-0.3, -0.25) is 14.4 Å². The van der Waals surface area contributed by atoms with Crippen LogP contribution in [-0.2, 0) is 23.9 Å². The fraction of sp³-hybridized carbons (Fsp3) is 0.526. The molecule has 276 valence electrons. The Balaban J connectivity index is 1.21. The first-order valence-corrected chi connectivity index (χ1v) is 19.1. The zero-order chi connectivity index (χ0) is 36.4. The van der Waals surface area contributed by atoms with Crippen molar-refractivity contribution in [1.29, 1.82) is 0 Å². The minimum atomic E-state index is -1.40. The Bertz CT molecular complexity index is 1870. The number of fused-ring (bicyclic) bond motifs is 3. The lowest BCUT2D eigenvalue weighted by Gasteiger charge is -2.30. The number of hydrogen-bond donors (Lipinski definition) is 3. The van der Waals surface area contributed by atoms with Crippen molar-refractivity contribution in [1.82, 2.24) is 20.2 Å². The molecule has 2 aliphatic carbocycles. The third-order valence-corrected chi connectivity index (χ3v) is 11.3. The molecule has 7 rings (SSSR count).